The zero-order valence-electron chi connectivity index (χ0n) is 22.4. The molecule has 2 amide bonds. The van der Waals surface area contributed by atoms with Crippen LogP contribution in [0.2, 0.25) is 0 Å². The molecule has 2 aliphatic heterocycles. The number of nitrogens with two attached hydrogens (primary N) is 1. The number of fused-ring (bicyclic) bond motifs is 1. The fourth-order valence-electron chi connectivity index (χ4n) is 5.43. The highest BCUT2D eigenvalue weighted by Gasteiger charge is 2.47. The summed E-state index contributed by atoms with van der Waals surface area (Å²) >= 11 is 0. The highest BCUT2D eigenvalue weighted by atomic mass is 16.7. The second-order valence-electron chi connectivity index (χ2n) is 9.84. The molecule has 0 spiro atoms. The van der Waals surface area contributed by atoms with Crippen molar-refractivity contribution in [2.24, 2.45) is 11.7 Å². The van der Waals surface area contributed by atoms with Crippen LogP contribution in [-0.4, -0.2) is 96.2 Å². The lowest BCUT2D eigenvalue weighted by Gasteiger charge is -2.31. The maximum absolute atomic E-state index is 13.4. The molecule has 1 unspecified atom stereocenters. The first-order chi connectivity index (χ1) is 17.8. The number of hydrogen-bond acceptors (Lipinski definition) is 7. The third-order valence-corrected chi connectivity index (χ3v) is 7.48. The molecular formula is C27H42N4O6. The first-order valence-corrected chi connectivity index (χ1v) is 13.4. The molecule has 37 heavy (non-hydrogen) atoms. The highest BCUT2D eigenvalue weighted by Crippen LogP contribution is 2.42. The SMILES string of the molecule is CCCCN(CCCN)C(=O)CN1C[C@H](c2ccc3c(c2)OCO3)C(C(=O)O)[C@@H]1CCN(CC)C(C)=O. The van der Waals surface area contributed by atoms with Gasteiger partial charge in [0.15, 0.2) is 11.5 Å². The second-order valence-corrected chi connectivity index (χ2v) is 9.84. The number of ether oxygens (including phenoxy) is 2. The van der Waals surface area contributed by atoms with E-state index < -0.39 is 17.9 Å². The first kappa shape index (κ1) is 28.7. The summed E-state index contributed by atoms with van der Waals surface area (Å²) in [5.74, 6) is -0.773. The average Bonchev–Trinajstić information content (AvgIpc) is 3.48. The fourth-order valence-corrected chi connectivity index (χ4v) is 5.43. The molecule has 1 fully saturated rings. The topological polar surface area (TPSA) is 126 Å². The smallest absolute Gasteiger partial charge is 0.308 e. The summed E-state index contributed by atoms with van der Waals surface area (Å²) in [5, 5.41) is 10.4. The fraction of sp³-hybridized carbons (Fsp3) is 0.667. The van der Waals surface area contributed by atoms with E-state index in [9.17, 15) is 19.5 Å². The summed E-state index contributed by atoms with van der Waals surface area (Å²) in [5.41, 5.74) is 6.55. The molecule has 1 saturated heterocycles. The number of likely N-dealkylation sites (tertiary alicyclic amines) is 1. The lowest BCUT2D eigenvalue weighted by molar-refractivity contribution is -0.144. The summed E-state index contributed by atoms with van der Waals surface area (Å²) in [6, 6.07) is 5.16. The van der Waals surface area contributed by atoms with Gasteiger partial charge in [-0.1, -0.05) is 19.4 Å². The number of hydrogen-bond donors (Lipinski definition) is 2. The van der Waals surface area contributed by atoms with Crippen molar-refractivity contribution < 1.29 is 29.0 Å². The quantitative estimate of drug-likeness (QED) is 0.384. The van der Waals surface area contributed by atoms with Crippen LogP contribution >= 0.6 is 0 Å². The Hall–Kier alpha value is -2.85. The number of unbranched alkanes of at least 4 members (excludes halogenated alkanes) is 1. The zero-order chi connectivity index (χ0) is 26.9. The van der Waals surface area contributed by atoms with Crippen molar-refractivity contribution in [3.05, 3.63) is 23.8 Å². The normalized spacial score (nSPS) is 20.7. The van der Waals surface area contributed by atoms with Crippen molar-refractivity contribution in [2.75, 3.05) is 52.6 Å². The van der Waals surface area contributed by atoms with Crippen molar-refractivity contribution in [3.8, 4) is 11.5 Å². The summed E-state index contributed by atoms with van der Waals surface area (Å²) in [6.45, 7) is 8.97. The van der Waals surface area contributed by atoms with Crippen molar-refractivity contribution in [1.82, 2.24) is 14.7 Å². The Morgan fingerprint density at radius 2 is 1.81 bits per heavy atom. The first-order valence-electron chi connectivity index (χ1n) is 13.4. The van der Waals surface area contributed by atoms with Crippen LogP contribution in [0.15, 0.2) is 18.2 Å². The molecule has 3 atom stereocenters. The standard InChI is InChI=1S/C27H42N4O6/c1-4-6-12-30(13-7-11-28)25(33)17-31-16-21(20-8-9-23-24(15-20)37-18-36-23)26(27(34)35)22(31)10-14-29(5-2)19(3)32/h8-9,15,21-22,26H,4-7,10-14,16-18,28H2,1-3H3,(H,34,35)/t21-,22+,26?/m1/s1. The molecule has 10 heteroatoms. The van der Waals surface area contributed by atoms with Crippen LogP contribution in [-0.2, 0) is 14.4 Å². The van der Waals surface area contributed by atoms with Crippen molar-refractivity contribution in [2.45, 2.75) is 58.4 Å². The van der Waals surface area contributed by atoms with Crippen LogP contribution in [0.1, 0.15) is 57.9 Å². The molecule has 2 aliphatic rings. The van der Waals surface area contributed by atoms with E-state index in [4.69, 9.17) is 15.2 Å². The Morgan fingerprint density at radius 1 is 1.08 bits per heavy atom. The molecule has 206 valence electrons. The number of amides is 2. The summed E-state index contributed by atoms with van der Waals surface area (Å²) in [7, 11) is 0. The van der Waals surface area contributed by atoms with E-state index in [1.54, 1.807) is 4.90 Å². The maximum Gasteiger partial charge on any atom is 0.308 e. The Morgan fingerprint density at radius 3 is 2.46 bits per heavy atom. The zero-order valence-corrected chi connectivity index (χ0v) is 22.4. The minimum atomic E-state index is -0.903. The molecule has 0 radical (unpaired) electrons. The number of carboxylic acid groups (broad SMARTS) is 1. The van der Waals surface area contributed by atoms with E-state index in [1.807, 2.05) is 34.9 Å². The van der Waals surface area contributed by atoms with Gasteiger partial charge in [0, 0.05) is 51.6 Å². The number of aliphatic carboxylic acids is 1. The molecule has 1 aromatic carbocycles. The van der Waals surface area contributed by atoms with Crippen LogP contribution < -0.4 is 15.2 Å². The Balaban J connectivity index is 1.88. The Bertz CT molecular complexity index is 933. The van der Waals surface area contributed by atoms with Crippen LogP contribution in [0.3, 0.4) is 0 Å². The van der Waals surface area contributed by atoms with Gasteiger partial charge in [0.25, 0.3) is 0 Å². The van der Waals surface area contributed by atoms with Gasteiger partial charge in [-0.2, -0.15) is 0 Å². The minimum Gasteiger partial charge on any atom is -0.481 e. The van der Waals surface area contributed by atoms with E-state index in [0.29, 0.717) is 57.2 Å². The molecule has 10 nitrogen and oxygen atoms in total. The monoisotopic (exact) mass is 518 g/mol. The van der Waals surface area contributed by atoms with Crippen LogP contribution in [0.25, 0.3) is 0 Å². The van der Waals surface area contributed by atoms with Crippen LogP contribution in [0, 0.1) is 5.92 Å². The predicted molar refractivity (Wildman–Crippen MR) is 139 cm³/mol. The number of carbonyl (C=O) groups excluding carboxylic acids is 2. The Labute approximate surface area is 219 Å². The van der Waals surface area contributed by atoms with E-state index in [2.05, 4.69) is 6.92 Å². The van der Waals surface area contributed by atoms with Gasteiger partial charge in [-0.3, -0.25) is 19.3 Å². The molecular weight excluding hydrogens is 476 g/mol. The average molecular weight is 519 g/mol. The number of carbonyl (C=O) groups is 3. The minimum absolute atomic E-state index is 0.0127. The van der Waals surface area contributed by atoms with Gasteiger partial charge in [0.05, 0.1) is 12.5 Å². The van der Waals surface area contributed by atoms with Crippen LogP contribution in [0.4, 0.5) is 0 Å². The lowest BCUT2D eigenvalue weighted by atomic mass is 9.84. The summed E-state index contributed by atoms with van der Waals surface area (Å²) in [6.07, 6.45) is 3.07. The van der Waals surface area contributed by atoms with Gasteiger partial charge in [0.2, 0.25) is 18.6 Å². The summed E-state index contributed by atoms with van der Waals surface area (Å²) < 4.78 is 11.0. The van der Waals surface area contributed by atoms with Gasteiger partial charge < -0.3 is 30.1 Å². The molecule has 0 aliphatic carbocycles. The molecule has 2 heterocycles. The number of nitrogens with zero attached hydrogens (tertiary/aromatic N) is 3. The van der Waals surface area contributed by atoms with Gasteiger partial charge >= 0.3 is 5.97 Å². The third kappa shape index (κ3) is 7.13. The summed E-state index contributed by atoms with van der Waals surface area (Å²) in [4.78, 5) is 43.7. The predicted octanol–water partition coefficient (Wildman–Crippen LogP) is 2.12. The van der Waals surface area contributed by atoms with Gasteiger partial charge in [-0.05, 0) is 50.4 Å². The number of rotatable bonds is 14. The molecule has 0 aromatic heterocycles. The van der Waals surface area contributed by atoms with E-state index in [1.165, 1.54) is 6.92 Å². The van der Waals surface area contributed by atoms with Crippen LogP contribution in [0.5, 0.6) is 11.5 Å². The van der Waals surface area contributed by atoms with E-state index in [-0.39, 0.29) is 31.1 Å². The highest BCUT2D eigenvalue weighted by molar-refractivity contribution is 5.79. The third-order valence-electron chi connectivity index (χ3n) is 7.48. The van der Waals surface area contributed by atoms with Gasteiger partial charge in [-0.25, -0.2) is 0 Å². The molecule has 3 rings (SSSR count). The number of carboxylic acids is 1. The lowest BCUT2D eigenvalue weighted by Crippen LogP contribution is -2.46. The molecule has 1 aromatic rings. The Kier molecular flexibility index (Phi) is 10.6. The van der Waals surface area contributed by atoms with Crippen molar-refractivity contribution in [3.63, 3.8) is 0 Å². The second kappa shape index (κ2) is 13.6. The van der Waals surface area contributed by atoms with Crippen molar-refractivity contribution in [1.29, 1.82) is 0 Å². The number of benzene rings is 1. The van der Waals surface area contributed by atoms with Gasteiger partial charge in [-0.15, -0.1) is 0 Å². The van der Waals surface area contributed by atoms with Crippen molar-refractivity contribution >= 4 is 17.8 Å². The molecule has 0 bridgehead atoms. The van der Waals surface area contributed by atoms with E-state index >= 15 is 0 Å². The largest absolute Gasteiger partial charge is 0.481 e. The maximum atomic E-state index is 13.4. The van der Waals surface area contributed by atoms with E-state index in [0.717, 1.165) is 24.8 Å². The molecule has 0 saturated carbocycles. The molecule has 3 N–H and O–H groups in total. The van der Waals surface area contributed by atoms with Gasteiger partial charge in [0.1, 0.15) is 0 Å².